The Hall–Kier alpha value is -0.120. The maximum atomic E-state index is 2.62. The number of likely N-dealkylation sites (N-methyl/N-ethyl adjacent to an activating group) is 1. The summed E-state index contributed by atoms with van der Waals surface area (Å²) in [5, 5.41) is 0. The quantitative estimate of drug-likeness (QED) is 0.701. The summed E-state index contributed by atoms with van der Waals surface area (Å²) in [5.41, 5.74) is 0. The molecule has 0 aromatic carbocycles. The van der Waals surface area contributed by atoms with E-state index >= 15 is 0 Å². The lowest BCUT2D eigenvalue weighted by Gasteiger charge is -2.38. The summed E-state index contributed by atoms with van der Waals surface area (Å²) in [5.74, 6) is 0. The average molecular weight is 241 g/mol. The second-order valence-corrected chi connectivity index (χ2v) is 5.69. The number of nitrogens with zero attached hydrogens (tertiary/aromatic N) is 3. The van der Waals surface area contributed by atoms with E-state index in [1.165, 1.54) is 45.8 Å². The molecule has 3 heteroatoms. The minimum Gasteiger partial charge on any atom is -0.300 e. The van der Waals surface area contributed by atoms with Crippen LogP contribution >= 0.6 is 0 Å². The van der Waals surface area contributed by atoms with Crippen LogP contribution in [-0.2, 0) is 0 Å². The van der Waals surface area contributed by atoms with E-state index in [1.54, 1.807) is 0 Å². The van der Waals surface area contributed by atoms with Gasteiger partial charge in [0.05, 0.1) is 0 Å². The van der Waals surface area contributed by atoms with Gasteiger partial charge in [-0.3, -0.25) is 14.7 Å². The van der Waals surface area contributed by atoms with E-state index in [0.717, 1.165) is 0 Å². The van der Waals surface area contributed by atoms with Gasteiger partial charge in [-0.25, -0.2) is 0 Å². The normalized spacial score (nSPS) is 19.8. The third-order valence-electron chi connectivity index (χ3n) is 3.98. The molecule has 0 N–H and O–H groups in total. The molecule has 1 saturated heterocycles. The minimum atomic E-state index is 0.678. The van der Waals surface area contributed by atoms with Gasteiger partial charge < -0.3 is 0 Å². The van der Waals surface area contributed by atoms with Gasteiger partial charge in [0.2, 0.25) is 0 Å². The van der Waals surface area contributed by atoms with Crippen LogP contribution in [0.5, 0.6) is 0 Å². The van der Waals surface area contributed by atoms with Gasteiger partial charge in [0.25, 0.3) is 0 Å². The van der Waals surface area contributed by atoms with Gasteiger partial charge in [-0.1, -0.05) is 6.92 Å². The number of piperazine rings is 1. The van der Waals surface area contributed by atoms with Crippen LogP contribution in [0.1, 0.15) is 34.6 Å². The summed E-state index contributed by atoms with van der Waals surface area (Å²) in [6, 6.07) is 1.39. The Kier molecular flexibility index (Phi) is 6.45. The molecule has 0 saturated carbocycles. The Balaban J connectivity index is 2.22. The van der Waals surface area contributed by atoms with Crippen molar-refractivity contribution in [2.45, 2.75) is 46.7 Å². The predicted octanol–water partition coefficient (Wildman–Crippen LogP) is 1.74. The molecule has 102 valence electrons. The van der Waals surface area contributed by atoms with E-state index in [1.807, 2.05) is 0 Å². The van der Waals surface area contributed by atoms with Crippen molar-refractivity contribution in [3.63, 3.8) is 0 Å². The van der Waals surface area contributed by atoms with Crippen LogP contribution in [0.3, 0.4) is 0 Å². The molecule has 1 aliphatic rings. The lowest BCUT2D eigenvalue weighted by molar-refractivity contribution is 0.0950. The topological polar surface area (TPSA) is 9.72 Å². The monoisotopic (exact) mass is 241 g/mol. The van der Waals surface area contributed by atoms with Crippen LogP contribution in [0, 0.1) is 0 Å². The van der Waals surface area contributed by atoms with Crippen LogP contribution < -0.4 is 0 Å². The first-order valence-corrected chi connectivity index (χ1v) is 7.25. The smallest absolute Gasteiger partial charge is 0.0113 e. The Bertz CT molecular complexity index is 196. The first-order chi connectivity index (χ1) is 8.04. The molecule has 0 aromatic heterocycles. The van der Waals surface area contributed by atoms with Gasteiger partial charge >= 0.3 is 0 Å². The fraction of sp³-hybridized carbons (Fsp3) is 1.00. The number of hydrogen-bond acceptors (Lipinski definition) is 3. The zero-order chi connectivity index (χ0) is 12.8. The standard InChI is InChI=1S/C14H31N3/c1-6-16(13(2)3)10-7-15-8-11-17(12-9-15)14(4)5/h13-14H,6-12H2,1-5H3. The average Bonchev–Trinajstić information content (AvgIpc) is 2.30. The van der Waals surface area contributed by atoms with Gasteiger partial charge in [0, 0.05) is 51.4 Å². The maximum absolute atomic E-state index is 2.62. The van der Waals surface area contributed by atoms with E-state index in [4.69, 9.17) is 0 Å². The van der Waals surface area contributed by atoms with E-state index in [9.17, 15) is 0 Å². The molecule has 0 spiro atoms. The summed E-state index contributed by atoms with van der Waals surface area (Å²) in [7, 11) is 0. The Morgan fingerprint density at radius 1 is 1.00 bits per heavy atom. The first kappa shape index (κ1) is 14.9. The second-order valence-electron chi connectivity index (χ2n) is 5.69. The highest BCUT2D eigenvalue weighted by Gasteiger charge is 2.19. The van der Waals surface area contributed by atoms with Crippen molar-refractivity contribution in [3.05, 3.63) is 0 Å². The highest BCUT2D eigenvalue weighted by atomic mass is 15.3. The third kappa shape index (κ3) is 4.94. The van der Waals surface area contributed by atoms with E-state index in [2.05, 4.69) is 49.3 Å². The molecule has 0 aliphatic carbocycles. The molecule has 17 heavy (non-hydrogen) atoms. The molecule has 3 nitrogen and oxygen atoms in total. The molecular formula is C14H31N3. The molecule has 0 atom stereocenters. The lowest BCUT2D eigenvalue weighted by Crippen LogP contribution is -2.50. The highest BCUT2D eigenvalue weighted by molar-refractivity contribution is 4.75. The second kappa shape index (κ2) is 7.34. The summed E-state index contributed by atoms with van der Waals surface area (Å²) >= 11 is 0. The number of hydrogen-bond donors (Lipinski definition) is 0. The van der Waals surface area contributed by atoms with Crippen molar-refractivity contribution in [1.29, 1.82) is 0 Å². The van der Waals surface area contributed by atoms with Crippen molar-refractivity contribution in [1.82, 2.24) is 14.7 Å². The summed E-state index contributed by atoms with van der Waals surface area (Å²) in [4.78, 5) is 7.75. The van der Waals surface area contributed by atoms with Crippen LogP contribution in [0.15, 0.2) is 0 Å². The maximum Gasteiger partial charge on any atom is 0.0113 e. The summed E-state index contributed by atoms with van der Waals surface area (Å²) < 4.78 is 0. The van der Waals surface area contributed by atoms with Gasteiger partial charge in [0.15, 0.2) is 0 Å². The molecule has 0 bridgehead atoms. The van der Waals surface area contributed by atoms with Gasteiger partial charge in [-0.15, -0.1) is 0 Å². The highest BCUT2D eigenvalue weighted by Crippen LogP contribution is 2.06. The van der Waals surface area contributed by atoms with Crippen molar-refractivity contribution in [2.24, 2.45) is 0 Å². The van der Waals surface area contributed by atoms with Crippen molar-refractivity contribution < 1.29 is 0 Å². The molecule has 1 aliphatic heterocycles. The molecular weight excluding hydrogens is 210 g/mol. The third-order valence-corrected chi connectivity index (χ3v) is 3.98. The van der Waals surface area contributed by atoms with E-state index in [-0.39, 0.29) is 0 Å². The minimum absolute atomic E-state index is 0.678. The SMILES string of the molecule is CCN(CCN1CCN(C(C)C)CC1)C(C)C. The summed E-state index contributed by atoms with van der Waals surface area (Å²) in [6.07, 6.45) is 0. The first-order valence-electron chi connectivity index (χ1n) is 7.25. The molecule has 1 rings (SSSR count). The summed E-state index contributed by atoms with van der Waals surface area (Å²) in [6.45, 7) is 20.0. The fourth-order valence-electron chi connectivity index (χ4n) is 2.55. The fourth-order valence-corrected chi connectivity index (χ4v) is 2.55. The van der Waals surface area contributed by atoms with Crippen LogP contribution in [0.4, 0.5) is 0 Å². The Labute approximate surface area is 108 Å². The van der Waals surface area contributed by atoms with Crippen molar-refractivity contribution >= 4 is 0 Å². The van der Waals surface area contributed by atoms with Gasteiger partial charge in [-0.05, 0) is 34.2 Å². The molecule has 0 aromatic rings. The molecule has 0 unspecified atom stereocenters. The Morgan fingerprint density at radius 3 is 2.00 bits per heavy atom. The zero-order valence-electron chi connectivity index (χ0n) is 12.4. The molecule has 0 amide bonds. The zero-order valence-corrected chi connectivity index (χ0v) is 12.4. The van der Waals surface area contributed by atoms with Gasteiger partial charge in [-0.2, -0.15) is 0 Å². The van der Waals surface area contributed by atoms with Crippen molar-refractivity contribution in [3.8, 4) is 0 Å². The van der Waals surface area contributed by atoms with Gasteiger partial charge in [0.1, 0.15) is 0 Å². The van der Waals surface area contributed by atoms with Crippen molar-refractivity contribution in [2.75, 3.05) is 45.8 Å². The molecule has 0 radical (unpaired) electrons. The molecule has 1 heterocycles. The molecule has 1 fully saturated rings. The number of rotatable bonds is 6. The van der Waals surface area contributed by atoms with Crippen LogP contribution in [0.25, 0.3) is 0 Å². The Morgan fingerprint density at radius 2 is 1.59 bits per heavy atom. The predicted molar refractivity (Wildman–Crippen MR) is 75.5 cm³/mol. The largest absolute Gasteiger partial charge is 0.300 e. The van der Waals surface area contributed by atoms with Crippen LogP contribution in [0.2, 0.25) is 0 Å². The van der Waals surface area contributed by atoms with Crippen LogP contribution in [-0.4, -0.2) is 72.6 Å². The van der Waals surface area contributed by atoms with E-state index < -0.39 is 0 Å². The van der Waals surface area contributed by atoms with E-state index in [0.29, 0.717) is 12.1 Å². The lowest BCUT2D eigenvalue weighted by atomic mass is 10.2.